The van der Waals surface area contributed by atoms with Gasteiger partial charge in [-0.05, 0) is 12.5 Å². The Labute approximate surface area is 152 Å². The van der Waals surface area contributed by atoms with Gasteiger partial charge in [0.05, 0.1) is 44.3 Å². The van der Waals surface area contributed by atoms with E-state index in [2.05, 4.69) is 20.5 Å². The summed E-state index contributed by atoms with van der Waals surface area (Å²) in [6.07, 6.45) is 2.79. The first-order chi connectivity index (χ1) is 12.7. The van der Waals surface area contributed by atoms with Gasteiger partial charge < -0.3 is 14.8 Å². The van der Waals surface area contributed by atoms with Gasteiger partial charge in [0.1, 0.15) is 5.75 Å². The summed E-state index contributed by atoms with van der Waals surface area (Å²) in [6, 6.07) is 7.82. The molecule has 1 N–H and O–H groups in total. The van der Waals surface area contributed by atoms with Crippen LogP contribution >= 0.6 is 0 Å². The number of para-hydroxylation sites is 1. The molecule has 0 aliphatic carbocycles. The van der Waals surface area contributed by atoms with Gasteiger partial charge in [-0.2, -0.15) is 0 Å². The Balaban J connectivity index is 1.33. The zero-order valence-electron chi connectivity index (χ0n) is 14.8. The van der Waals surface area contributed by atoms with Gasteiger partial charge >= 0.3 is 0 Å². The lowest BCUT2D eigenvalue weighted by molar-refractivity contribution is -0.124. The summed E-state index contributed by atoms with van der Waals surface area (Å²) in [6.45, 7) is 2.96. The molecule has 0 radical (unpaired) electrons. The number of fused-ring (bicyclic) bond motifs is 3. The van der Waals surface area contributed by atoms with E-state index in [0.29, 0.717) is 19.7 Å². The van der Waals surface area contributed by atoms with Crippen molar-refractivity contribution in [2.45, 2.75) is 31.7 Å². The first-order valence-electron chi connectivity index (χ1n) is 8.86. The number of likely N-dealkylation sites (tertiary alicyclic amines) is 1. The second-order valence-electron chi connectivity index (χ2n) is 6.70. The highest BCUT2D eigenvalue weighted by molar-refractivity contribution is 5.78. The van der Waals surface area contributed by atoms with E-state index in [9.17, 15) is 4.79 Å². The van der Waals surface area contributed by atoms with Crippen molar-refractivity contribution in [3.63, 3.8) is 0 Å². The van der Waals surface area contributed by atoms with Crippen LogP contribution < -0.4 is 10.1 Å². The number of amides is 1. The third-order valence-corrected chi connectivity index (χ3v) is 5.05. The molecule has 1 fully saturated rings. The molecular formula is C18H23N5O3. The summed E-state index contributed by atoms with van der Waals surface area (Å²) in [4.78, 5) is 14.5. The molecule has 138 valence electrons. The van der Waals surface area contributed by atoms with Crippen LogP contribution in [0.1, 0.15) is 23.7 Å². The smallest absolute Gasteiger partial charge is 0.234 e. The molecule has 0 saturated carbocycles. The normalized spacial score (nSPS) is 22.3. The molecule has 1 amide bonds. The van der Waals surface area contributed by atoms with Crippen LogP contribution in [0.2, 0.25) is 0 Å². The zero-order chi connectivity index (χ0) is 17.9. The molecule has 0 spiro atoms. The van der Waals surface area contributed by atoms with Gasteiger partial charge in [0.2, 0.25) is 5.91 Å². The van der Waals surface area contributed by atoms with E-state index in [1.165, 1.54) is 0 Å². The number of carbonyl (C=O) groups excluding carboxylic acids is 1. The van der Waals surface area contributed by atoms with Gasteiger partial charge in [0.25, 0.3) is 0 Å². The molecule has 0 unspecified atom stereocenters. The number of carbonyl (C=O) groups is 1. The topological polar surface area (TPSA) is 81.5 Å². The van der Waals surface area contributed by atoms with E-state index in [1.807, 2.05) is 28.9 Å². The average Bonchev–Trinajstić information content (AvgIpc) is 3.16. The van der Waals surface area contributed by atoms with Crippen LogP contribution in [-0.4, -0.2) is 58.6 Å². The molecule has 4 rings (SSSR count). The summed E-state index contributed by atoms with van der Waals surface area (Å²) in [7, 11) is 1.63. The Hall–Kier alpha value is -2.45. The Morgan fingerprint density at radius 1 is 1.42 bits per heavy atom. The largest absolute Gasteiger partial charge is 0.496 e. The third-order valence-electron chi connectivity index (χ3n) is 5.05. The first kappa shape index (κ1) is 17.0. The van der Waals surface area contributed by atoms with E-state index >= 15 is 0 Å². The fraction of sp³-hybridized carbons (Fsp3) is 0.500. The molecule has 26 heavy (non-hydrogen) atoms. The van der Waals surface area contributed by atoms with Crippen LogP contribution in [0.25, 0.3) is 0 Å². The van der Waals surface area contributed by atoms with Crippen molar-refractivity contribution in [1.29, 1.82) is 0 Å². The molecule has 3 heterocycles. The van der Waals surface area contributed by atoms with Crippen LogP contribution in [0.3, 0.4) is 0 Å². The SMILES string of the molecule is COc1ccccc1CNC(=O)CN1CC[C@@H]2OCc3cnnn3[C@@H]2C1. The van der Waals surface area contributed by atoms with Crippen molar-refractivity contribution in [2.24, 2.45) is 0 Å². The number of rotatable bonds is 5. The van der Waals surface area contributed by atoms with E-state index in [0.717, 1.165) is 36.5 Å². The predicted molar refractivity (Wildman–Crippen MR) is 93.5 cm³/mol. The van der Waals surface area contributed by atoms with Crippen LogP contribution in [0.15, 0.2) is 30.5 Å². The molecule has 2 aliphatic heterocycles. The summed E-state index contributed by atoms with van der Waals surface area (Å²) >= 11 is 0. The van der Waals surface area contributed by atoms with Gasteiger partial charge in [0.15, 0.2) is 0 Å². The molecule has 0 bridgehead atoms. The van der Waals surface area contributed by atoms with Crippen LogP contribution in [-0.2, 0) is 22.7 Å². The Morgan fingerprint density at radius 3 is 3.19 bits per heavy atom. The van der Waals surface area contributed by atoms with Gasteiger partial charge in [-0.15, -0.1) is 5.10 Å². The van der Waals surface area contributed by atoms with Gasteiger partial charge in [-0.25, -0.2) is 4.68 Å². The third kappa shape index (κ3) is 3.42. The van der Waals surface area contributed by atoms with Crippen LogP contribution in [0.5, 0.6) is 5.75 Å². The number of hydrogen-bond donors (Lipinski definition) is 1. The number of nitrogens with zero attached hydrogens (tertiary/aromatic N) is 4. The maximum Gasteiger partial charge on any atom is 0.234 e. The number of aromatic nitrogens is 3. The molecule has 1 aromatic carbocycles. The maximum absolute atomic E-state index is 12.4. The summed E-state index contributed by atoms with van der Waals surface area (Å²) in [5, 5.41) is 11.2. The number of methoxy groups -OCH3 is 1. The Bertz CT molecular complexity index is 778. The van der Waals surface area contributed by atoms with Crippen molar-refractivity contribution in [1.82, 2.24) is 25.2 Å². The predicted octanol–water partition coefficient (Wildman–Crippen LogP) is 0.749. The second-order valence-corrected chi connectivity index (χ2v) is 6.70. The van der Waals surface area contributed by atoms with Crippen molar-refractivity contribution in [3.8, 4) is 5.75 Å². The lowest BCUT2D eigenvalue weighted by Gasteiger charge is -2.40. The quantitative estimate of drug-likeness (QED) is 0.850. The molecular weight excluding hydrogens is 334 g/mol. The molecule has 2 aliphatic rings. The van der Waals surface area contributed by atoms with Crippen molar-refractivity contribution >= 4 is 5.91 Å². The van der Waals surface area contributed by atoms with Gasteiger partial charge in [-0.1, -0.05) is 23.4 Å². The highest BCUT2D eigenvalue weighted by Gasteiger charge is 2.36. The minimum Gasteiger partial charge on any atom is -0.496 e. The molecule has 8 heteroatoms. The monoisotopic (exact) mass is 357 g/mol. The Morgan fingerprint density at radius 2 is 2.31 bits per heavy atom. The molecule has 2 aromatic rings. The molecule has 2 atom stereocenters. The Kier molecular flexibility index (Phi) is 4.85. The maximum atomic E-state index is 12.4. The van der Waals surface area contributed by atoms with Gasteiger partial charge in [-0.3, -0.25) is 9.69 Å². The second kappa shape index (κ2) is 7.43. The molecule has 8 nitrogen and oxygen atoms in total. The minimum atomic E-state index is 0.00453. The van der Waals surface area contributed by atoms with E-state index < -0.39 is 0 Å². The van der Waals surface area contributed by atoms with Crippen molar-refractivity contribution in [2.75, 3.05) is 26.7 Å². The number of nitrogens with one attached hydrogen (secondary N) is 1. The highest BCUT2D eigenvalue weighted by Crippen LogP contribution is 2.29. The number of piperidine rings is 1. The van der Waals surface area contributed by atoms with Crippen LogP contribution in [0, 0.1) is 0 Å². The minimum absolute atomic E-state index is 0.00453. The summed E-state index contributed by atoms with van der Waals surface area (Å²) in [5.74, 6) is 0.788. The zero-order valence-corrected chi connectivity index (χ0v) is 14.8. The first-order valence-corrected chi connectivity index (χ1v) is 8.86. The van der Waals surface area contributed by atoms with Crippen LogP contribution in [0.4, 0.5) is 0 Å². The van der Waals surface area contributed by atoms with Gasteiger partial charge in [0, 0.05) is 25.2 Å². The average molecular weight is 357 g/mol. The fourth-order valence-corrected chi connectivity index (χ4v) is 3.69. The number of benzene rings is 1. The van der Waals surface area contributed by atoms with E-state index in [4.69, 9.17) is 9.47 Å². The van der Waals surface area contributed by atoms with Crippen molar-refractivity contribution in [3.05, 3.63) is 41.7 Å². The van der Waals surface area contributed by atoms with Crippen molar-refractivity contribution < 1.29 is 14.3 Å². The lowest BCUT2D eigenvalue weighted by Crippen LogP contribution is -2.50. The number of ether oxygens (including phenoxy) is 2. The molecule has 1 saturated heterocycles. The molecule has 1 aromatic heterocycles. The highest BCUT2D eigenvalue weighted by atomic mass is 16.5. The fourth-order valence-electron chi connectivity index (χ4n) is 3.69. The number of hydrogen-bond acceptors (Lipinski definition) is 6. The van der Waals surface area contributed by atoms with E-state index in [1.54, 1.807) is 13.3 Å². The standard InChI is InChI=1S/C18H23N5O3/c1-25-16-5-3-2-4-13(16)8-19-18(24)11-22-7-6-17-15(10-22)23-14(12-26-17)9-20-21-23/h2-5,9,15,17H,6-8,10-12H2,1H3,(H,19,24)/t15-,17+/m1/s1. The summed E-state index contributed by atoms with van der Waals surface area (Å²) in [5.41, 5.74) is 1.96. The lowest BCUT2D eigenvalue weighted by atomic mass is 10.0. The summed E-state index contributed by atoms with van der Waals surface area (Å²) < 4.78 is 13.2. The van der Waals surface area contributed by atoms with E-state index in [-0.39, 0.29) is 18.1 Å².